The average molecular weight is 534 g/mol. The Hall–Kier alpha value is -5.29. The number of benzene rings is 5. The maximum Gasteiger partial charge on any atom is 0.164 e. The first kappa shape index (κ1) is 26.0. The molecule has 0 bridgehead atoms. The van der Waals surface area contributed by atoms with E-state index < -0.39 is 0 Å². The highest BCUT2D eigenvalue weighted by Crippen LogP contribution is 2.37. The average Bonchev–Trinajstić information content (AvgIpc) is 3.39. The summed E-state index contributed by atoms with van der Waals surface area (Å²) >= 11 is 0. The Bertz CT molecular complexity index is 1920. The number of rotatable bonds is 4. The molecule has 5 aromatic carbocycles. The number of fused-ring (bicyclic) bond motifs is 3. The molecule has 0 spiro atoms. The zero-order valence-corrected chi connectivity index (χ0v) is 23.4. The molecule has 0 unspecified atom stereocenters. The Morgan fingerprint density at radius 2 is 1.07 bits per heavy atom. The van der Waals surface area contributed by atoms with Crippen molar-refractivity contribution < 1.29 is 0 Å². The van der Waals surface area contributed by atoms with E-state index in [-0.39, 0.29) is 0 Å². The minimum absolute atomic E-state index is 0.620. The second-order valence-electron chi connectivity index (χ2n) is 9.63. The Morgan fingerprint density at radius 3 is 1.71 bits per heavy atom. The topological polar surface area (TPSA) is 69.6 Å². The normalized spacial score (nSPS) is 10.9. The molecule has 5 heteroatoms. The summed E-state index contributed by atoms with van der Waals surface area (Å²) in [5, 5.41) is 2.31. The van der Waals surface area contributed by atoms with Gasteiger partial charge in [-0.3, -0.25) is 0 Å². The Balaban J connectivity index is 0.00000148. The third-order valence-electron chi connectivity index (χ3n) is 7.16. The highest BCUT2D eigenvalue weighted by molar-refractivity contribution is 6.13. The van der Waals surface area contributed by atoms with Crippen LogP contribution in [-0.2, 0) is 0 Å². The summed E-state index contributed by atoms with van der Waals surface area (Å²) in [6.45, 7) is 6.05. The van der Waals surface area contributed by atoms with Crippen molar-refractivity contribution in [2.75, 3.05) is 5.73 Å². The lowest BCUT2D eigenvalue weighted by Crippen LogP contribution is -2.02. The van der Waals surface area contributed by atoms with E-state index in [4.69, 9.17) is 20.7 Å². The lowest BCUT2D eigenvalue weighted by atomic mass is 10.1. The Labute approximate surface area is 240 Å². The smallest absolute Gasteiger partial charge is 0.164 e. The van der Waals surface area contributed by atoms with E-state index in [0.717, 1.165) is 50.0 Å². The van der Waals surface area contributed by atoms with Crippen molar-refractivity contribution in [1.29, 1.82) is 0 Å². The van der Waals surface area contributed by atoms with E-state index >= 15 is 0 Å². The Morgan fingerprint density at radius 1 is 0.537 bits per heavy atom. The van der Waals surface area contributed by atoms with Crippen LogP contribution < -0.4 is 5.73 Å². The molecule has 7 aromatic rings. The van der Waals surface area contributed by atoms with Gasteiger partial charge >= 0.3 is 0 Å². The fourth-order valence-electron chi connectivity index (χ4n) is 5.17. The Kier molecular flexibility index (Phi) is 7.00. The molecular weight excluding hydrogens is 502 g/mol. The van der Waals surface area contributed by atoms with Gasteiger partial charge in [0.1, 0.15) is 0 Å². The van der Waals surface area contributed by atoms with E-state index in [9.17, 15) is 0 Å². The van der Waals surface area contributed by atoms with Crippen molar-refractivity contribution in [3.63, 3.8) is 0 Å². The predicted octanol–water partition coefficient (Wildman–Crippen LogP) is 8.89. The number of anilines is 1. The van der Waals surface area contributed by atoms with Crippen LogP contribution in [0.15, 0.2) is 121 Å². The zero-order chi connectivity index (χ0) is 28.3. The van der Waals surface area contributed by atoms with Crippen LogP contribution in [-0.4, -0.2) is 19.5 Å². The van der Waals surface area contributed by atoms with Gasteiger partial charge in [0, 0.05) is 33.2 Å². The molecule has 0 saturated heterocycles. The van der Waals surface area contributed by atoms with Crippen molar-refractivity contribution in [3.05, 3.63) is 127 Å². The van der Waals surface area contributed by atoms with Crippen LogP contribution in [0.1, 0.15) is 19.4 Å². The predicted molar refractivity (Wildman–Crippen MR) is 171 cm³/mol. The molecule has 0 aliphatic carbocycles. The highest BCUT2D eigenvalue weighted by atomic mass is 15.0. The summed E-state index contributed by atoms with van der Waals surface area (Å²) in [6.07, 6.45) is 0. The number of nitrogens with zero attached hydrogens (tertiary/aromatic N) is 4. The van der Waals surface area contributed by atoms with Crippen molar-refractivity contribution in [1.82, 2.24) is 19.5 Å². The van der Waals surface area contributed by atoms with E-state index in [2.05, 4.69) is 53.1 Å². The van der Waals surface area contributed by atoms with Crippen LogP contribution in [0.25, 0.3) is 61.7 Å². The monoisotopic (exact) mass is 533 g/mol. The maximum atomic E-state index is 6.68. The van der Waals surface area contributed by atoms with Gasteiger partial charge in [-0.1, -0.05) is 117 Å². The van der Waals surface area contributed by atoms with Gasteiger partial charge in [0.2, 0.25) is 0 Å². The van der Waals surface area contributed by atoms with Crippen molar-refractivity contribution >= 4 is 27.5 Å². The second kappa shape index (κ2) is 11.1. The van der Waals surface area contributed by atoms with Crippen LogP contribution in [0.3, 0.4) is 0 Å². The van der Waals surface area contributed by atoms with Crippen LogP contribution in [0.5, 0.6) is 0 Å². The number of nitrogens with two attached hydrogens (primary N) is 1. The van der Waals surface area contributed by atoms with Crippen LogP contribution in [0.2, 0.25) is 0 Å². The van der Waals surface area contributed by atoms with Crippen molar-refractivity contribution in [2.45, 2.75) is 20.8 Å². The molecule has 0 fully saturated rings. The van der Waals surface area contributed by atoms with E-state index in [1.807, 2.05) is 93.6 Å². The van der Waals surface area contributed by atoms with Gasteiger partial charge in [-0.05, 0) is 30.7 Å². The number of para-hydroxylation sites is 1. The first-order chi connectivity index (χ1) is 20.2. The number of hydrogen-bond donors (Lipinski definition) is 1. The minimum Gasteiger partial charge on any atom is -0.397 e. The molecule has 200 valence electrons. The summed E-state index contributed by atoms with van der Waals surface area (Å²) in [6, 6.07) is 41.1. The number of nitrogen functional groups attached to an aromatic ring is 1. The van der Waals surface area contributed by atoms with E-state index in [1.165, 1.54) is 5.39 Å². The molecule has 41 heavy (non-hydrogen) atoms. The highest BCUT2D eigenvalue weighted by Gasteiger charge is 2.17. The third kappa shape index (κ3) is 4.72. The largest absolute Gasteiger partial charge is 0.397 e. The summed E-state index contributed by atoms with van der Waals surface area (Å²) in [5.41, 5.74) is 14.4. The molecule has 2 aromatic heterocycles. The third-order valence-corrected chi connectivity index (χ3v) is 7.16. The summed E-state index contributed by atoms with van der Waals surface area (Å²) < 4.78 is 2.24. The van der Waals surface area contributed by atoms with E-state index in [0.29, 0.717) is 17.5 Å². The van der Waals surface area contributed by atoms with Gasteiger partial charge in [0.05, 0.1) is 16.7 Å². The van der Waals surface area contributed by atoms with Crippen LogP contribution >= 0.6 is 0 Å². The number of hydrogen-bond acceptors (Lipinski definition) is 4. The van der Waals surface area contributed by atoms with Gasteiger partial charge in [0.25, 0.3) is 0 Å². The SMILES string of the molecule is CC.Cc1ccc2c3ccccc3n(-c3cccc(-c4nc(-c5ccccc5)nc(-c5ccccc5)n4)c3)c2c1N. The standard InChI is InChI=1S/C34H25N5.C2H6/c1-22-19-20-28-27-17-8-9-18-29(27)39(31(28)30(22)35)26-16-10-15-25(21-26)34-37-32(23-11-4-2-5-12-23)36-33(38-34)24-13-6-3-7-14-24;1-2/h2-21H,35H2,1H3;1-2H3. The summed E-state index contributed by atoms with van der Waals surface area (Å²) in [5.74, 6) is 1.90. The quantitative estimate of drug-likeness (QED) is 0.229. The van der Waals surface area contributed by atoms with Gasteiger partial charge < -0.3 is 10.3 Å². The first-order valence-corrected chi connectivity index (χ1v) is 13.9. The zero-order valence-electron chi connectivity index (χ0n) is 23.4. The molecule has 2 heterocycles. The molecule has 0 aliphatic heterocycles. The van der Waals surface area contributed by atoms with Crippen molar-refractivity contribution in [2.24, 2.45) is 0 Å². The number of aryl methyl sites for hydroxylation is 1. The second-order valence-corrected chi connectivity index (χ2v) is 9.63. The molecule has 0 atom stereocenters. The number of aromatic nitrogens is 4. The lowest BCUT2D eigenvalue weighted by molar-refractivity contribution is 1.07. The van der Waals surface area contributed by atoms with Crippen LogP contribution in [0, 0.1) is 6.92 Å². The van der Waals surface area contributed by atoms with Gasteiger partial charge in [-0.2, -0.15) is 0 Å². The molecule has 0 radical (unpaired) electrons. The maximum absolute atomic E-state index is 6.68. The fraction of sp³-hybridized carbons (Fsp3) is 0.0833. The first-order valence-electron chi connectivity index (χ1n) is 13.9. The molecule has 5 nitrogen and oxygen atoms in total. The van der Waals surface area contributed by atoms with E-state index in [1.54, 1.807) is 0 Å². The molecule has 2 N–H and O–H groups in total. The van der Waals surface area contributed by atoms with Crippen molar-refractivity contribution in [3.8, 4) is 39.9 Å². The van der Waals surface area contributed by atoms with Gasteiger partial charge in [0.15, 0.2) is 17.5 Å². The molecule has 0 amide bonds. The van der Waals surface area contributed by atoms with Crippen LogP contribution in [0.4, 0.5) is 5.69 Å². The van der Waals surface area contributed by atoms with Gasteiger partial charge in [-0.15, -0.1) is 0 Å². The summed E-state index contributed by atoms with van der Waals surface area (Å²) in [4.78, 5) is 14.7. The summed E-state index contributed by atoms with van der Waals surface area (Å²) in [7, 11) is 0. The molecule has 0 aliphatic rings. The van der Waals surface area contributed by atoms with Gasteiger partial charge in [-0.25, -0.2) is 15.0 Å². The molecule has 7 rings (SSSR count). The molecule has 0 saturated carbocycles. The minimum atomic E-state index is 0.620. The fourth-order valence-corrected chi connectivity index (χ4v) is 5.17. The lowest BCUT2D eigenvalue weighted by Gasteiger charge is -2.13. The molecular formula is C36H31N5.